The summed E-state index contributed by atoms with van der Waals surface area (Å²) in [5, 5.41) is 8.12. The van der Waals surface area contributed by atoms with Crippen molar-refractivity contribution < 1.29 is 4.79 Å². The van der Waals surface area contributed by atoms with Crippen LogP contribution in [-0.2, 0) is 6.54 Å². The third-order valence-electron chi connectivity index (χ3n) is 5.10. The fourth-order valence-electron chi connectivity index (χ4n) is 3.36. The number of aryl methyl sites for hydroxylation is 1. The number of amides is 1. The van der Waals surface area contributed by atoms with Crippen LogP contribution in [0.3, 0.4) is 0 Å². The Kier molecular flexibility index (Phi) is 6.34. The highest BCUT2D eigenvalue weighted by molar-refractivity contribution is 7.13. The van der Waals surface area contributed by atoms with Crippen molar-refractivity contribution in [2.45, 2.75) is 34.2 Å². The van der Waals surface area contributed by atoms with Crippen LogP contribution in [0.25, 0.3) is 22.0 Å². The highest BCUT2D eigenvalue weighted by Crippen LogP contribution is 2.32. The molecule has 0 radical (unpaired) electrons. The minimum absolute atomic E-state index is 0.0319. The minimum atomic E-state index is -0.0319. The van der Waals surface area contributed by atoms with Gasteiger partial charge < -0.3 is 9.88 Å². The van der Waals surface area contributed by atoms with Gasteiger partial charge in [-0.05, 0) is 49.4 Å². The molecule has 0 bridgehead atoms. The predicted octanol–water partition coefficient (Wildman–Crippen LogP) is 5.79. The van der Waals surface area contributed by atoms with Gasteiger partial charge in [0, 0.05) is 40.0 Å². The van der Waals surface area contributed by atoms with Gasteiger partial charge in [0.15, 0.2) is 0 Å². The first kappa shape index (κ1) is 21.5. The zero-order chi connectivity index (χ0) is 22.0. The molecule has 4 aromatic heterocycles. The maximum absolute atomic E-state index is 12.9. The number of nitrogens with one attached hydrogen (secondary N) is 1. The topological polar surface area (TPSA) is 59.8 Å². The van der Waals surface area contributed by atoms with E-state index in [9.17, 15) is 4.79 Å². The van der Waals surface area contributed by atoms with E-state index < -0.39 is 0 Å². The summed E-state index contributed by atoms with van der Waals surface area (Å²) in [6.07, 6.45) is 1.86. The normalized spacial score (nSPS) is 11.3. The molecule has 1 amide bonds. The van der Waals surface area contributed by atoms with Crippen LogP contribution >= 0.6 is 22.7 Å². The Morgan fingerprint density at radius 2 is 2.03 bits per heavy atom. The Balaban J connectivity index is 1.72. The lowest BCUT2D eigenvalue weighted by Crippen LogP contribution is -2.27. The van der Waals surface area contributed by atoms with Gasteiger partial charge in [-0.3, -0.25) is 9.78 Å². The monoisotopic (exact) mass is 450 g/mol. The summed E-state index contributed by atoms with van der Waals surface area (Å²) in [4.78, 5) is 23.4. The smallest absolute Gasteiger partial charge is 0.253 e. The average Bonchev–Trinajstić information content (AvgIpc) is 3.49. The fraction of sp³-hybridized carbons (Fsp3) is 0.292. The Morgan fingerprint density at radius 3 is 2.71 bits per heavy atom. The van der Waals surface area contributed by atoms with Gasteiger partial charge in [-0.2, -0.15) is 0 Å². The summed E-state index contributed by atoms with van der Waals surface area (Å²) in [5.41, 5.74) is 5.49. The van der Waals surface area contributed by atoms with Crippen molar-refractivity contribution in [3.8, 4) is 22.0 Å². The molecular weight excluding hydrogens is 424 g/mol. The van der Waals surface area contributed by atoms with Crippen LogP contribution in [-0.4, -0.2) is 27.0 Å². The van der Waals surface area contributed by atoms with Crippen LogP contribution in [0.5, 0.6) is 0 Å². The quantitative estimate of drug-likeness (QED) is 0.388. The molecule has 4 heterocycles. The van der Waals surface area contributed by atoms with E-state index in [2.05, 4.69) is 51.6 Å². The van der Waals surface area contributed by atoms with Crippen molar-refractivity contribution in [3.63, 3.8) is 0 Å². The fourth-order valence-corrected chi connectivity index (χ4v) is 4.86. The second-order valence-electron chi connectivity index (χ2n) is 8.02. The van der Waals surface area contributed by atoms with E-state index in [0.29, 0.717) is 18.0 Å². The van der Waals surface area contributed by atoms with Crippen LogP contribution in [0, 0.1) is 19.8 Å². The van der Waals surface area contributed by atoms with Gasteiger partial charge in [-0.15, -0.1) is 22.7 Å². The molecule has 0 spiro atoms. The Labute approximate surface area is 190 Å². The van der Waals surface area contributed by atoms with Crippen LogP contribution < -0.4 is 5.32 Å². The molecule has 0 unspecified atom stereocenters. The molecular formula is C24H26N4OS2. The van der Waals surface area contributed by atoms with Crippen molar-refractivity contribution in [3.05, 3.63) is 69.1 Å². The Morgan fingerprint density at radius 1 is 1.19 bits per heavy atom. The number of carbonyl (C=O) groups excluding carboxylic acids is 1. The lowest BCUT2D eigenvalue weighted by Gasteiger charge is -2.10. The summed E-state index contributed by atoms with van der Waals surface area (Å²) in [6, 6.07) is 10.2. The Hall–Kier alpha value is -2.77. The summed E-state index contributed by atoms with van der Waals surface area (Å²) in [5.74, 6) is 0.372. The Bertz CT molecular complexity index is 1170. The van der Waals surface area contributed by atoms with Gasteiger partial charge in [-0.1, -0.05) is 19.9 Å². The lowest BCUT2D eigenvalue weighted by molar-refractivity contribution is 0.0948. The molecule has 0 aliphatic heterocycles. The van der Waals surface area contributed by atoms with Crippen LogP contribution in [0.4, 0.5) is 0 Å². The van der Waals surface area contributed by atoms with Gasteiger partial charge in [0.1, 0.15) is 5.01 Å². The summed E-state index contributed by atoms with van der Waals surface area (Å²) in [7, 11) is 0. The third kappa shape index (κ3) is 4.78. The minimum Gasteiger partial charge on any atom is -0.352 e. The molecule has 4 aromatic rings. The van der Waals surface area contributed by atoms with E-state index in [-0.39, 0.29) is 5.91 Å². The number of thiazole rings is 1. The number of hydrogen-bond donors (Lipinski definition) is 1. The van der Waals surface area contributed by atoms with Crippen LogP contribution in [0.1, 0.15) is 40.5 Å². The number of rotatable bonds is 7. The molecule has 5 nitrogen and oxygen atoms in total. The molecule has 0 saturated heterocycles. The van der Waals surface area contributed by atoms with Crippen LogP contribution in [0.15, 0.2) is 47.3 Å². The molecule has 160 valence electrons. The molecule has 0 fully saturated rings. The lowest BCUT2D eigenvalue weighted by atomic mass is 10.2. The van der Waals surface area contributed by atoms with E-state index >= 15 is 0 Å². The van der Waals surface area contributed by atoms with E-state index in [1.54, 1.807) is 22.7 Å². The van der Waals surface area contributed by atoms with Crippen molar-refractivity contribution in [1.82, 2.24) is 19.9 Å². The van der Waals surface area contributed by atoms with Crippen molar-refractivity contribution in [2.24, 2.45) is 5.92 Å². The highest BCUT2D eigenvalue weighted by atomic mass is 32.1. The third-order valence-corrected chi connectivity index (χ3v) is 6.85. The summed E-state index contributed by atoms with van der Waals surface area (Å²) in [6.45, 7) is 9.55. The summed E-state index contributed by atoms with van der Waals surface area (Å²) >= 11 is 3.31. The SMILES string of the molecule is Cc1ccc(-c2nc(-c3cc(C(=O)NCC(C)C)c(C)n3Cc3cccs3)cs2)cn1. The molecule has 0 aromatic carbocycles. The first-order valence-corrected chi connectivity index (χ1v) is 12.1. The van der Waals surface area contributed by atoms with Gasteiger partial charge in [0.05, 0.1) is 23.5 Å². The standard InChI is InChI=1S/C24H26N4OS2/c1-15(2)11-26-23(29)20-10-22(28(17(20)4)13-19-6-5-9-30-19)21-14-31-24(27-21)18-8-7-16(3)25-12-18/h5-10,12,14-15H,11,13H2,1-4H3,(H,26,29). The van der Waals surface area contributed by atoms with Crippen molar-refractivity contribution in [1.29, 1.82) is 0 Å². The van der Waals surface area contributed by atoms with Gasteiger partial charge >= 0.3 is 0 Å². The first-order chi connectivity index (χ1) is 14.9. The number of thiophene rings is 1. The molecule has 0 atom stereocenters. The predicted molar refractivity (Wildman–Crippen MR) is 129 cm³/mol. The molecule has 0 aliphatic carbocycles. The van der Waals surface area contributed by atoms with E-state index in [4.69, 9.17) is 4.98 Å². The zero-order valence-corrected chi connectivity index (χ0v) is 19.8. The van der Waals surface area contributed by atoms with E-state index in [0.717, 1.165) is 39.9 Å². The first-order valence-electron chi connectivity index (χ1n) is 10.3. The molecule has 0 aliphatic rings. The molecule has 4 rings (SSSR count). The molecule has 1 N–H and O–H groups in total. The molecule has 7 heteroatoms. The number of aromatic nitrogens is 3. The number of hydrogen-bond acceptors (Lipinski definition) is 5. The van der Waals surface area contributed by atoms with Gasteiger partial charge in [0.2, 0.25) is 0 Å². The maximum Gasteiger partial charge on any atom is 0.253 e. The van der Waals surface area contributed by atoms with E-state index in [1.165, 1.54) is 4.88 Å². The average molecular weight is 451 g/mol. The number of pyridine rings is 1. The van der Waals surface area contributed by atoms with Gasteiger partial charge in [0.25, 0.3) is 5.91 Å². The largest absolute Gasteiger partial charge is 0.352 e. The van der Waals surface area contributed by atoms with Crippen molar-refractivity contribution in [2.75, 3.05) is 6.54 Å². The number of nitrogens with zero attached hydrogens (tertiary/aromatic N) is 3. The molecule has 31 heavy (non-hydrogen) atoms. The van der Waals surface area contributed by atoms with E-state index in [1.807, 2.05) is 38.2 Å². The molecule has 0 saturated carbocycles. The highest BCUT2D eigenvalue weighted by Gasteiger charge is 2.21. The number of carbonyl (C=O) groups is 1. The van der Waals surface area contributed by atoms with Crippen molar-refractivity contribution >= 4 is 28.6 Å². The second kappa shape index (κ2) is 9.16. The van der Waals surface area contributed by atoms with Gasteiger partial charge in [-0.25, -0.2) is 4.98 Å². The summed E-state index contributed by atoms with van der Waals surface area (Å²) < 4.78 is 2.20. The second-order valence-corrected chi connectivity index (χ2v) is 9.91. The van der Waals surface area contributed by atoms with Crippen LogP contribution in [0.2, 0.25) is 0 Å². The zero-order valence-electron chi connectivity index (χ0n) is 18.2. The maximum atomic E-state index is 12.9.